The van der Waals surface area contributed by atoms with Gasteiger partial charge >= 0.3 is 5.97 Å². The molecule has 0 heterocycles. The fourth-order valence-corrected chi connectivity index (χ4v) is 2.46. The Morgan fingerprint density at radius 3 is 2.69 bits per heavy atom. The predicted molar refractivity (Wildman–Crippen MR) is 69.3 cm³/mol. The van der Waals surface area contributed by atoms with Crippen molar-refractivity contribution in [2.24, 2.45) is 0 Å². The number of hydrogen-bond acceptors (Lipinski definition) is 2. The third-order valence-electron chi connectivity index (χ3n) is 2.26. The number of rotatable bonds is 7. The Morgan fingerprint density at radius 1 is 1.25 bits per heavy atom. The molecule has 0 unspecified atom stereocenters. The summed E-state index contributed by atoms with van der Waals surface area (Å²) >= 11 is 5.68. The Kier molecular flexibility index (Phi) is 6.93. The molecule has 2 nitrogen and oxygen atoms in total. The number of benzene rings is 1. The number of carbonyl (C=O) groups is 1. The van der Waals surface area contributed by atoms with E-state index in [4.69, 9.17) is 15.8 Å². The third-order valence-corrected chi connectivity index (χ3v) is 3.83. The first-order chi connectivity index (χ1) is 7.83. The maximum absolute atomic E-state index is 11.3. The highest BCUT2D eigenvalue weighted by Gasteiger charge is 2.02. The molecule has 0 spiro atoms. The summed E-state index contributed by atoms with van der Waals surface area (Å²) in [7, 11) is -0.364. The summed E-state index contributed by atoms with van der Waals surface area (Å²) in [5, 5.41) is 0. The molecule has 1 aromatic carbocycles. The number of esters is 1. The van der Waals surface area contributed by atoms with Crippen molar-refractivity contribution in [1.82, 2.24) is 0 Å². The molecule has 0 aromatic heterocycles. The van der Waals surface area contributed by atoms with Gasteiger partial charge in [-0.2, -0.15) is 11.1 Å². The Labute approximate surface area is 103 Å². The van der Waals surface area contributed by atoms with Gasteiger partial charge in [0.05, 0.1) is 0 Å². The van der Waals surface area contributed by atoms with Crippen LogP contribution in [0.2, 0.25) is 6.04 Å². The van der Waals surface area contributed by atoms with E-state index in [1.165, 1.54) is 0 Å². The number of ether oxygens (including phenoxy) is 1. The van der Waals surface area contributed by atoms with Crippen molar-refractivity contribution in [3.63, 3.8) is 0 Å². The van der Waals surface area contributed by atoms with Crippen LogP contribution in [0.5, 0.6) is 0 Å². The lowest BCUT2D eigenvalue weighted by atomic mass is 10.2. The van der Waals surface area contributed by atoms with E-state index < -0.39 is 0 Å². The molecule has 0 N–H and O–H groups in total. The van der Waals surface area contributed by atoms with Gasteiger partial charge in [-0.25, -0.2) is 0 Å². The highest BCUT2D eigenvalue weighted by molar-refractivity contribution is 6.93. The number of halogens is 1. The molecule has 1 aromatic rings. The smallest absolute Gasteiger partial charge is 0.306 e. The SMILES string of the molecule is O=C(CCCC[SiH2]Cl)OCc1ccccc1. The summed E-state index contributed by atoms with van der Waals surface area (Å²) in [5.74, 6) is -0.111. The summed E-state index contributed by atoms with van der Waals surface area (Å²) in [6.07, 6.45) is 2.46. The van der Waals surface area contributed by atoms with Crippen LogP contribution in [0, 0.1) is 0 Å². The van der Waals surface area contributed by atoms with E-state index in [1.807, 2.05) is 30.3 Å². The zero-order valence-electron chi connectivity index (χ0n) is 9.32. The lowest BCUT2D eigenvalue weighted by molar-refractivity contribution is -0.145. The van der Waals surface area contributed by atoms with Crippen LogP contribution in [-0.2, 0) is 16.1 Å². The molecule has 0 aliphatic carbocycles. The maximum Gasteiger partial charge on any atom is 0.306 e. The van der Waals surface area contributed by atoms with Crippen LogP contribution < -0.4 is 0 Å². The van der Waals surface area contributed by atoms with Crippen molar-refractivity contribution in [3.8, 4) is 0 Å². The van der Waals surface area contributed by atoms with Gasteiger partial charge in [0.2, 0.25) is 0 Å². The van der Waals surface area contributed by atoms with Crippen LogP contribution in [0.15, 0.2) is 30.3 Å². The molecule has 0 atom stereocenters. The standard InChI is InChI=1S/C12H17ClO2Si/c13-16-9-5-4-8-12(14)15-10-11-6-2-1-3-7-11/h1-3,6-7H,4-5,8-10,16H2. The number of unbranched alkanes of at least 4 members (excludes halogenated alkanes) is 1. The molecule has 0 amide bonds. The van der Waals surface area contributed by atoms with Gasteiger partial charge in [-0.3, -0.25) is 4.79 Å². The molecule has 16 heavy (non-hydrogen) atoms. The second kappa shape index (κ2) is 8.36. The largest absolute Gasteiger partial charge is 0.461 e. The van der Waals surface area contributed by atoms with Gasteiger partial charge in [0.1, 0.15) is 15.4 Å². The monoisotopic (exact) mass is 256 g/mol. The van der Waals surface area contributed by atoms with Gasteiger partial charge in [-0.15, -0.1) is 0 Å². The van der Waals surface area contributed by atoms with Crippen LogP contribution in [0.1, 0.15) is 24.8 Å². The molecule has 1 rings (SSSR count). The molecule has 0 bridgehead atoms. The highest BCUT2D eigenvalue weighted by Crippen LogP contribution is 2.05. The summed E-state index contributed by atoms with van der Waals surface area (Å²) in [5.41, 5.74) is 1.03. The summed E-state index contributed by atoms with van der Waals surface area (Å²) in [6.45, 7) is 0.379. The van der Waals surface area contributed by atoms with Gasteiger partial charge < -0.3 is 4.74 Å². The molecule has 88 valence electrons. The van der Waals surface area contributed by atoms with Gasteiger partial charge in [-0.1, -0.05) is 36.8 Å². The highest BCUT2D eigenvalue weighted by atomic mass is 35.6. The fourth-order valence-electron chi connectivity index (χ4n) is 1.35. The van der Waals surface area contributed by atoms with Gasteiger partial charge in [0.25, 0.3) is 0 Å². The summed E-state index contributed by atoms with van der Waals surface area (Å²) < 4.78 is 5.15. The van der Waals surface area contributed by atoms with Crippen molar-refractivity contribution in [3.05, 3.63) is 35.9 Å². The van der Waals surface area contributed by atoms with E-state index in [0.717, 1.165) is 24.4 Å². The Morgan fingerprint density at radius 2 is 2.00 bits per heavy atom. The van der Waals surface area contributed by atoms with Crippen LogP contribution in [0.25, 0.3) is 0 Å². The maximum atomic E-state index is 11.3. The minimum absolute atomic E-state index is 0.111. The van der Waals surface area contributed by atoms with E-state index in [1.54, 1.807) is 0 Å². The van der Waals surface area contributed by atoms with Gasteiger partial charge in [0, 0.05) is 6.42 Å². The van der Waals surface area contributed by atoms with E-state index in [9.17, 15) is 4.79 Å². The van der Waals surface area contributed by atoms with Crippen LogP contribution in [0.4, 0.5) is 0 Å². The first-order valence-corrected chi connectivity index (χ1v) is 8.72. The topological polar surface area (TPSA) is 26.3 Å². The Balaban J connectivity index is 2.11. The molecule has 0 fully saturated rings. The van der Waals surface area contributed by atoms with Gasteiger partial charge in [-0.05, 0) is 18.0 Å². The Hall–Kier alpha value is -0.803. The average molecular weight is 257 g/mol. The average Bonchev–Trinajstić information content (AvgIpc) is 2.33. The lowest BCUT2D eigenvalue weighted by Gasteiger charge is -2.04. The lowest BCUT2D eigenvalue weighted by Crippen LogP contribution is -2.04. The second-order valence-electron chi connectivity index (χ2n) is 3.65. The van der Waals surface area contributed by atoms with E-state index in [2.05, 4.69) is 0 Å². The minimum atomic E-state index is -0.364. The van der Waals surface area contributed by atoms with Gasteiger partial charge in [0.15, 0.2) is 0 Å². The Bertz CT molecular complexity index is 303. The zero-order valence-corrected chi connectivity index (χ0v) is 11.5. The van der Waals surface area contributed by atoms with E-state index in [0.29, 0.717) is 13.0 Å². The molecule has 4 heteroatoms. The molecule has 0 saturated carbocycles. The zero-order chi connectivity index (χ0) is 11.6. The van der Waals surface area contributed by atoms with Crippen molar-refractivity contribution in [2.45, 2.75) is 31.9 Å². The number of hydrogen-bond donors (Lipinski definition) is 0. The molecule has 0 saturated heterocycles. The molecule has 0 aliphatic rings. The van der Waals surface area contributed by atoms with E-state index in [-0.39, 0.29) is 14.8 Å². The normalized spacial score (nSPS) is 10.8. The van der Waals surface area contributed by atoms with Crippen LogP contribution >= 0.6 is 11.1 Å². The molecule has 0 aliphatic heterocycles. The van der Waals surface area contributed by atoms with Crippen LogP contribution in [-0.4, -0.2) is 14.8 Å². The molecule has 0 radical (unpaired) electrons. The fraction of sp³-hybridized carbons (Fsp3) is 0.417. The first-order valence-electron chi connectivity index (χ1n) is 5.58. The molecular formula is C12H17ClO2Si. The minimum Gasteiger partial charge on any atom is -0.461 e. The van der Waals surface area contributed by atoms with Crippen LogP contribution in [0.3, 0.4) is 0 Å². The van der Waals surface area contributed by atoms with Crippen molar-refractivity contribution in [2.75, 3.05) is 0 Å². The third kappa shape index (κ3) is 5.93. The molecular weight excluding hydrogens is 240 g/mol. The second-order valence-corrected chi connectivity index (χ2v) is 5.86. The van der Waals surface area contributed by atoms with E-state index >= 15 is 0 Å². The van der Waals surface area contributed by atoms with Crippen molar-refractivity contribution >= 4 is 25.9 Å². The predicted octanol–water partition coefficient (Wildman–Crippen LogP) is 2.64. The number of carbonyl (C=O) groups excluding carboxylic acids is 1. The summed E-state index contributed by atoms with van der Waals surface area (Å²) in [4.78, 5) is 11.3. The quantitative estimate of drug-likeness (QED) is 0.325. The van der Waals surface area contributed by atoms with Crippen molar-refractivity contribution in [1.29, 1.82) is 0 Å². The first kappa shape index (κ1) is 13.3. The van der Waals surface area contributed by atoms with Crippen molar-refractivity contribution < 1.29 is 9.53 Å². The summed E-state index contributed by atoms with van der Waals surface area (Å²) in [6, 6.07) is 10.8.